The highest BCUT2D eigenvalue weighted by atomic mass is 32.2. The molecule has 3 aromatic rings. The van der Waals surface area contributed by atoms with Gasteiger partial charge in [-0.15, -0.1) is 0 Å². The fraction of sp³-hybridized carbons (Fsp3) is 0.160. The Morgan fingerprint density at radius 3 is 1.71 bits per heavy atom. The molecule has 34 heavy (non-hydrogen) atoms. The second-order valence-electron chi connectivity index (χ2n) is 7.87. The van der Waals surface area contributed by atoms with Gasteiger partial charge in [0.2, 0.25) is 0 Å². The van der Waals surface area contributed by atoms with Crippen LogP contribution in [0.15, 0.2) is 89.8 Å². The Balaban J connectivity index is 1.75. The predicted molar refractivity (Wildman–Crippen MR) is 127 cm³/mol. The minimum Gasteiger partial charge on any atom is -0.382 e. The van der Waals surface area contributed by atoms with Gasteiger partial charge in [-0.25, -0.2) is 0 Å². The van der Waals surface area contributed by atoms with Crippen molar-refractivity contribution in [3.63, 3.8) is 0 Å². The highest BCUT2D eigenvalue weighted by Crippen LogP contribution is 2.40. The van der Waals surface area contributed by atoms with E-state index in [-0.39, 0.29) is 10.5 Å². The van der Waals surface area contributed by atoms with Crippen molar-refractivity contribution in [2.45, 2.75) is 17.1 Å². The normalized spacial score (nSPS) is 21.1. The smallest absolute Gasteiger partial charge is 0.254 e. The standard InChI is InChI=1S/C25H22N2O6S/c28-20-18-13-7-8-14-19(18)34(33)15-25(20,21(29)23(31)26-16-9-3-1-4-10-16)22(30)24(32)27-17-11-5-2-6-12-17/h1-14,21-22,29-30H,15H2,(H,26,31)(H,27,32). The molecule has 0 aromatic heterocycles. The highest BCUT2D eigenvalue weighted by molar-refractivity contribution is 7.85. The minimum absolute atomic E-state index is 0.0230. The van der Waals surface area contributed by atoms with Gasteiger partial charge in [-0.2, -0.15) is 0 Å². The molecule has 3 atom stereocenters. The van der Waals surface area contributed by atoms with Crippen molar-refractivity contribution >= 4 is 39.8 Å². The molecule has 4 N–H and O–H groups in total. The molecule has 0 bridgehead atoms. The Morgan fingerprint density at radius 1 is 0.765 bits per heavy atom. The van der Waals surface area contributed by atoms with Crippen molar-refractivity contribution in [1.82, 2.24) is 0 Å². The number of amides is 2. The maximum absolute atomic E-state index is 13.7. The van der Waals surface area contributed by atoms with Crippen LogP contribution < -0.4 is 10.6 Å². The van der Waals surface area contributed by atoms with Crippen molar-refractivity contribution < 1.29 is 28.8 Å². The third kappa shape index (κ3) is 4.28. The molecule has 0 saturated heterocycles. The number of aliphatic hydroxyl groups is 2. The number of anilines is 2. The van der Waals surface area contributed by atoms with Crippen LogP contribution in [-0.2, 0) is 20.4 Å². The monoisotopic (exact) mass is 478 g/mol. The van der Waals surface area contributed by atoms with Gasteiger partial charge in [0.1, 0.15) is 17.6 Å². The van der Waals surface area contributed by atoms with Crippen molar-refractivity contribution in [2.24, 2.45) is 5.41 Å². The molecule has 8 nitrogen and oxygen atoms in total. The van der Waals surface area contributed by atoms with Gasteiger partial charge < -0.3 is 20.8 Å². The van der Waals surface area contributed by atoms with E-state index in [1.807, 2.05) is 0 Å². The van der Waals surface area contributed by atoms with Gasteiger partial charge in [-0.05, 0) is 30.3 Å². The summed E-state index contributed by atoms with van der Waals surface area (Å²) in [5.41, 5.74) is -1.72. The van der Waals surface area contributed by atoms with Gasteiger partial charge in [0.05, 0.1) is 10.8 Å². The van der Waals surface area contributed by atoms with Gasteiger partial charge in [0.15, 0.2) is 5.78 Å². The third-order valence-corrected chi connectivity index (χ3v) is 7.31. The largest absolute Gasteiger partial charge is 0.382 e. The lowest BCUT2D eigenvalue weighted by Crippen LogP contribution is -2.63. The summed E-state index contributed by atoms with van der Waals surface area (Å²) in [4.78, 5) is 39.9. The summed E-state index contributed by atoms with van der Waals surface area (Å²) in [6, 6.07) is 22.5. The fourth-order valence-corrected chi connectivity index (χ4v) is 5.62. The van der Waals surface area contributed by atoms with E-state index in [1.54, 1.807) is 66.7 Å². The molecule has 174 valence electrons. The van der Waals surface area contributed by atoms with Crippen molar-refractivity contribution in [1.29, 1.82) is 0 Å². The molecule has 0 fully saturated rings. The van der Waals surface area contributed by atoms with Gasteiger partial charge in [-0.3, -0.25) is 18.6 Å². The van der Waals surface area contributed by atoms with Crippen molar-refractivity contribution in [2.75, 3.05) is 16.4 Å². The van der Waals surface area contributed by atoms with E-state index in [0.29, 0.717) is 11.4 Å². The Hall–Kier alpha value is -3.66. The lowest BCUT2D eigenvalue weighted by molar-refractivity contribution is -0.141. The van der Waals surface area contributed by atoms with Gasteiger partial charge in [-0.1, -0.05) is 54.6 Å². The SMILES string of the molecule is O=C(Nc1ccccc1)C(O)C1(C(O)C(=O)Nc2ccccc2)CS(=O)c2ccccc2C1=O. The van der Waals surface area contributed by atoms with Crippen molar-refractivity contribution in [3.05, 3.63) is 90.5 Å². The zero-order valence-electron chi connectivity index (χ0n) is 17.9. The average Bonchev–Trinajstić information content (AvgIpc) is 2.86. The maximum atomic E-state index is 13.7. The first kappa shape index (κ1) is 23.5. The summed E-state index contributed by atoms with van der Waals surface area (Å²) in [7, 11) is -1.87. The van der Waals surface area contributed by atoms with Crippen molar-refractivity contribution in [3.8, 4) is 0 Å². The van der Waals surface area contributed by atoms with E-state index in [0.717, 1.165) is 0 Å². The summed E-state index contributed by atoms with van der Waals surface area (Å²) in [5.74, 6) is -3.48. The van der Waals surface area contributed by atoms with Gasteiger partial charge in [0.25, 0.3) is 11.8 Å². The number of benzene rings is 3. The molecule has 2 amide bonds. The Kier molecular flexibility index (Phi) is 6.69. The number of ketones is 1. The van der Waals surface area contributed by atoms with E-state index < -0.39 is 51.8 Å². The molecular weight excluding hydrogens is 456 g/mol. The summed E-state index contributed by atoms with van der Waals surface area (Å²) >= 11 is 0. The third-order valence-electron chi connectivity index (χ3n) is 5.72. The van der Waals surface area contributed by atoms with E-state index in [9.17, 15) is 28.8 Å². The van der Waals surface area contributed by atoms with Crippen LogP contribution in [0.5, 0.6) is 0 Å². The number of hydrogen-bond acceptors (Lipinski definition) is 6. The van der Waals surface area contributed by atoms with E-state index in [4.69, 9.17) is 0 Å². The average molecular weight is 479 g/mol. The molecule has 3 unspecified atom stereocenters. The molecular formula is C25H22N2O6S. The number of fused-ring (bicyclic) bond motifs is 1. The van der Waals surface area contributed by atoms with Crippen LogP contribution in [0.1, 0.15) is 10.4 Å². The molecule has 1 aliphatic heterocycles. The van der Waals surface area contributed by atoms with Crippen LogP contribution in [0.25, 0.3) is 0 Å². The molecule has 9 heteroatoms. The van der Waals surface area contributed by atoms with Crippen LogP contribution in [0, 0.1) is 5.41 Å². The minimum atomic E-state index is -2.38. The molecule has 1 aliphatic rings. The molecule has 4 rings (SSSR count). The molecule has 0 radical (unpaired) electrons. The number of nitrogens with one attached hydrogen (secondary N) is 2. The molecule has 0 aliphatic carbocycles. The lowest BCUT2D eigenvalue weighted by atomic mass is 9.71. The molecule has 0 saturated carbocycles. The summed E-state index contributed by atoms with van der Waals surface area (Å²) in [6.07, 6.45) is -4.34. The summed E-state index contributed by atoms with van der Waals surface area (Å²) < 4.78 is 13.1. The zero-order chi connectivity index (χ0) is 24.3. The quantitative estimate of drug-likeness (QED) is 0.428. The fourth-order valence-electron chi connectivity index (χ4n) is 3.95. The first-order valence-corrected chi connectivity index (χ1v) is 11.8. The van der Waals surface area contributed by atoms with Gasteiger partial charge in [0, 0.05) is 27.6 Å². The number of para-hydroxylation sites is 2. The first-order valence-electron chi connectivity index (χ1n) is 10.4. The Labute approximate surface area is 198 Å². The number of carbonyl (C=O) groups excluding carboxylic acids is 3. The first-order chi connectivity index (χ1) is 16.3. The number of aliphatic hydroxyl groups excluding tert-OH is 2. The van der Waals surface area contributed by atoms with Crippen LogP contribution in [-0.4, -0.2) is 50.0 Å². The number of Topliss-reactive ketones (excluding diaryl/α,β-unsaturated/α-hetero) is 1. The van der Waals surface area contributed by atoms with Crippen LogP contribution in [0.2, 0.25) is 0 Å². The Morgan fingerprint density at radius 2 is 1.21 bits per heavy atom. The highest BCUT2D eigenvalue weighted by Gasteiger charge is 2.59. The van der Waals surface area contributed by atoms with E-state index in [1.165, 1.54) is 18.2 Å². The molecule has 3 aromatic carbocycles. The molecule has 1 heterocycles. The number of rotatable bonds is 6. The number of hydrogen-bond donors (Lipinski definition) is 4. The predicted octanol–water partition coefficient (Wildman–Crippen LogP) is 1.98. The summed E-state index contributed by atoms with van der Waals surface area (Å²) in [6.45, 7) is 0. The lowest BCUT2D eigenvalue weighted by Gasteiger charge is -2.41. The van der Waals surface area contributed by atoms with Crippen LogP contribution >= 0.6 is 0 Å². The van der Waals surface area contributed by atoms with Crippen LogP contribution in [0.4, 0.5) is 11.4 Å². The maximum Gasteiger partial charge on any atom is 0.254 e. The van der Waals surface area contributed by atoms with Crippen LogP contribution in [0.3, 0.4) is 0 Å². The summed E-state index contributed by atoms with van der Waals surface area (Å²) in [5, 5.41) is 27.3. The number of carbonyl (C=O) groups is 3. The van der Waals surface area contributed by atoms with E-state index >= 15 is 0 Å². The topological polar surface area (TPSA) is 133 Å². The second kappa shape index (κ2) is 9.68. The molecule has 0 spiro atoms. The van der Waals surface area contributed by atoms with Gasteiger partial charge >= 0.3 is 0 Å². The van der Waals surface area contributed by atoms with E-state index in [2.05, 4.69) is 10.6 Å². The zero-order valence-corrected chi connectivity index (χ0v) is 18.7. The Bertz CT molecular complexity index is 1190. The second-order valence-corrected chi connectivity index (χ2v) is 9.29.